The van der Waals surface area contributed by atoms with E-state index in [4.69, 9.17) is 0 Å². The number of sulfonamides is 2. The first-order chi connectivity index (χ1) is 18.8. The van der Waals surface area contributed by atoms with Crippen LogP contribution in [0.4, 0.5) is 17.1 Å². The Morgan fingerprint density at radius 1 is 0.775 bits per heavy atom. The van der Waals surface area contributed by atoms with E-state index in [9.17, 15) is 21.6 Å². The second kappa shape index (κ2) is 11.8. The molecular weight excluding hydrogens is 614 g/mol. The van der Waals surface area contributed by atoms with Crippen molar-refractivity contribution in [3.8, 4) is 0 Å². The SMILES string of the molecule is Cc1ccc(N(Cc2ccc(C(=O)Nc3ccc(S(=O)(=O)Nc4ccc(Br)cc4)cc3)cc2)S(C)(=O)=O)cc1C. The molecule has 11 heteroatoms. The van der Waals surface area contributed by atoms with Gasteiger partial charge in [-0.05, 0) is 103 Å². The zero-order valence-corrected chi connectivity index (χ0v) is 25.3. The van der Waals surface area contributed by atoms with E-state index in [-0.39, 0.29) is 17.3 Å². The Morgan fingerprint density at radius 2 is 1.38 bits per heavy atom. The van der Waals surface area contributed by atoms with E-state index in [0.29, 0.717) is 28.2 Å². The summed E-state index contributed by atoms with van der Waals surface area (Å²) in [5, 5.41) is 2.75. The van der Waals surface area contributed by atoms with Crippen LogP contribution in [-0.4, -0.2) is 29.0 Å². The van der Waals surface area contributed by atoms with Gasteiger partial charge < -0.3 is 5.32 Å². The third kappa shape index (κ3) is 7.29. The Kier molecular flexibility index (Phi) is 8.67. The van der Waals surface area contributed by atoms with Crippen LogP contribution in [0.25, 0.3) is 0 Å². The molecule has 0 saturated carbocycles. The molecule has 1 amide bonds. The molecule has 0 unspecified atom stereocenters. The van der Waals surface area contributed by atoms with Gasteiger partial charge in [-0.1, -0.05) is 34.1 Å². The average molecular weight is 643 g/mol. The second-order valence-electron chi connectivity index (χ2n) is 9.33. The average Bonchev–Trinajstić information content (AvgIpc) is 2.90. The Bertz CT molecular complexity index is 1740. The molecule has 0 bridgehead atoms. The van der Waals surface area contributed by atoms with Crippen molar-refractivity contribution in [1.29, 1.82) is 0 Å². The van der Waals surface area contributed by atoms with Crippen LogP contribution in [0.1, 0.15) is 27.0 Å². The maximum absolute atomic E-state index is 12.8. The molecule has 0 heterocycles. The molecule has 0 aliphatic heterocycles. The summed E-state index contributed by atoms with van der Waals surface area (Å²) in [7, 11) is -7.34. The highest BCUT2D eigenvalue weighted by molar-refractivity contribution is 9.10. The summed E-state index contributed by atoms with van der Waals surface area (Å²) in [6.07, 6.45) is 1.16. The highest BCUT2D eigenvalue weighted by Gasteiger charge is 2.19. The van der Waals surface area contributed by atoms with Gasteiger partial charge in [0.25, 0.3) is 15.9 Å². The topological polar surface area (TPSA) is 113 Å². The van der Waals surface area contributed by atoms with E-state index in [2.05, 4.69) is 26.0 Å². The first-order valence-corrected chi connectivity index (χ1v) is 16.3. The number of nitrogens with zero attached hydrogens (tertiary/aromatic N) is 1. The lowest BCUT2D eigenvalue weighted by Gasteiger charge is -2.23. The number of anilines is 3. The van der Waals surface area contributed by atoms with Crippen LogP contribution < -0.4 is 14.3 Å². The summed E-state index contributed by atoms with van der Waals surface area (Å²) in [5.41, 5.74) is 4.57. The van der Waals surface area contributed by atoms with Gasteiger partial charge in [0.2, 0.25) is 10.0 Å². The molecule has 8 nitrogen and oxygen atoms in total. The van der Waals surface area contributed by atoms with Gasteiger partial charge >= 0.3 is 0 Å². The van der Waals surface area contributed by atoms with Gasteiger partial charge in [0.15, 0.2) is 0 Å². The summed E-state index contributed by atoms with van der Waals surface area (Å²) >= 11 is 3.31. The second-order valence-corrected chi connectivity index (χ2v) is 13.8. The van der Waals surface area contributed by atoms with E-state index in [1.807, 2.05) is 26.0 Å². The van der Waals surface area contributed by atoms with Gasteiger partial charge in [-0.25, -0.2) is 16.8 Å². The third-order valence-electron chi connectivity index (χ3n) is 6.24. The molecule has 0 aliphatic carbocycles. The number of nitrogens with one attached hydrogen (secondary N) is 2. The van der Waals surface area contributed by atoms with Crippen molar-refractivity contribution in [3.63, 3.8) is 0 Å². The fraction of sp³-hybridized carbons (Fsp3) is 0.138. The standard InChI is InChI=1S/C29H28BrN3O5S2/c1-20-4-15-27(18-21(20)2)33(39(3,35)36)19-22-5-7-23(8-6-22)29(34)31-25-13-16-28(17-14-25)40(37,38)32-26-11-9-24(30)10-12-26/h4-18,32H,19H2,1-3H3,(H,31,34). The number of carbonyl (C=O) groups is 1. The molecule has 40 heavy (non-hydrogen) atoms. The maximum atomic E-state index is 12.8. The number of benzene rings is 4. The maximum Gasteiger partial charge on any atom is 0.261 e. The summed E-state index contributed by atoms with van der Waals surface area (Å²) in [5.74, 6) is -0.385. The van der Waals surface area contributed by atoms with Gasteiger partial charge in [0.1, 0.15) is 0 Å². The molecule has 0 atom stereocenters. The summed E-state index contributed by atoms with van der Waals surface area (Å²) in [4.78, 5) is 12.8. The number of carbonyl (C=O) groups excluding carboxylic acids is 1. The van der Waals surface area contributed by atoms with Crippen LogP contribution in [-0.2, 0) is 26.6 Å². The van der Waals surface area contributed by atoms with Crippen molar-refractivity contribution in [2.24, 2.45) is 0 Å². The molecule has 0 radical (unpaired) electrons. The number of halogens is 1. The van der Waals surface area contributed by atoms with Crippen LogP contribution in [0.5, 0.6) is 0 Å². The molecule has 0 aromatic heterocycles. The fourth-order valence-electron chi connectivity index (χ4n) is 3.86. The monoisotopic (exact) mass is 641 g/mol. The Morgan fingerprint density at radius 3 is 1.95 bits per heavy atom. The van der Waals surface area contributed by atoms with E-state index >= 15 is 0 Å². The smallest absolute Gasteiger partial charge is 0.261 e. The highest BCUT2D eigenvalue weighted by atomic mass is 79.9. The molecule has 0 saturated heterocycles. The molecule has 0 spiro atoms. The number of hydrogen-bond acceptors (Lipinski definition) is 5. The predicted octanol–water partition coefficient (Wildman–Crippen LogP) is 6.09. The number of hydrogen-bond donors (Lipinski definition) is 2. The zero-order chi connectivity index (χ0) is 29.1. The van der Waals surface area contributed by atoms with Crippen molar-refractivity contribution in [2.45, 2.75) is 25.3 Å². The molecule has 4 aromatic carbocycles. The Balaban J connectivity index is 1.42. The minimum atomic E-state index is -3.80. The molecule has 2 N–H and O–H groups in total. The van der Waals surface area contributed by atoms with Crippen molar-refractivity contribution in [1.82, 2.24) is 0 Å². The Labute approximate surface area is 243 Å². The van der Waals surface area contributed by atoms with Gasteiger partial charge in [-0.15, -0.1) is 0 Å². The van der Waals surface area contributed by atoms with Crippen molar-refractivity contribution in [3.05, 3.63) is 118 Å². The van der Waals surface area contributed by atoms with Crippen LogP contribution >= 0.6 is 15.9 Å². The van der Waals surface area contributed by atoms with Crippen LogP contribution in [0.2, 0.25) is 0 Å². The van der Waals surface area contributed by atoms with E-state index in [0.717, 1.165) is 21.9 Å². The first-order valence-electron chi connectivity index (χ1n) is 12.2. The van der Waals surface area contributed by atoms with Crippen LogP contribution in [0.15, 0.2) is 100 Å². The molecule has 4 rings (SSSR count). The zero-order valence-electron chi connectivity index (χ0n) is 22.1. The van der Waals surface area contributed by atoms with Gasteiger partial charge in [0, 0.05) is 21.4 Å². The predicted molar refractivity (Wildman–Crippen MR) is 163 cm³/mol. The molecule has 4 aromatic rings. The number of rotatable bonds is 9. The van der Waals surface area contributed by atoms with Crippen molar-refractivity contribution >= 4 is 58.9 Å². The quantitative estimate of drug-likeness (QED) is 0.230. The lowest BCUT2D eigenvalue weighted by molar-refractivity contribution is 0.102. The number of aryl methyl sites for hydroxylation is 2. The van der Waals surface area contributed by atoms with Crippen molar-refractivity contribution in [2.75, 3.05) is 20.6 Å². The third-order valence-corrected chi connectivity index (χ3v) is 9.31. The minimum absolute atomic E-state index is 0.0528. The summed E-state index contributed by atoms with van der Waals surface area (Å²) < 4.78 is 55.1. The van der Waals surface area contributed by atoms with Gasteiger partial charge in [0.05, 0.1) is 23.4 Å². The largest absolute Gasteiger partial charge is 0.322 e. The van der Waals surface area contributed by atoms with Gasteiger partial charge in [-0.3, -0.25) is 13.8 Å². The molecule has 0 fully saturated rings. The van der Waals surface area contributed by atoms with E-state index < -0.39 is 20.0 Å². The Hall–Kier alpha value is -3.67. The van der Waals surface area contributed by atoms with Crippen LogP contribution in [0.3, 0.4) is 0 Å². The molecule has 208 valence electrons. The fourth-order valence-corrected chi connectivity index (χ4v) is 6.06. The normalized spacial score (nSPS) is 11.6. The summed E-state index contributed by atoms with van der Waals surface area (Å²) in [6, 6.07) is 24.7. The van der Waals surface area contributed by atoms with Gasteiger partial charge in [-0.2, -0.15) is 0 Å². The highest BCUT2D eigenvalue weighted by Crippen LogP contribution is 2.24. The molecular formula is C29H28BrN3O5S2. The first kappa shape index (κ1) is 29.3. The van der Waals surface area contributed by atoms with Crippen molar-refractivity contribution < 1.29 is 21.6 Å². The van der Waals surface area contributed by atoms with E-state index in [1.165, 1.54) is 28.6 Å². The number of amides is 1. The lowest BCUT2D eigenvalue weighted by atomic mass is 10.1. The molecule has 0 aliphatic rings. The summed E-state index contributed by atoms with van der Waals surface area (Å²) in [6.45, 7) is 4.01. The van der Waals surface area contributed by atoms with Crippen LogP contribution in [0, 0.1) is 13.8 Å². The van der Waals surface area contributed by atoms with E-state index in [1.54, 1.807) is 54.6 Å². The minimum Gasteiger partial charge on any atom is -0.322 e. The lowest BCUT2D eigenvalue weighted by Crippen LogP contribution is -2.29.